The van der Waals surface area contributed by atoms with Crippen molar-refractivity contribution in [3.63, 3.8) is 0 Å². The average molecular weight is 308 g/mol. The number of benzene rings is 1. The van der Waals surface area contributed by atoms with Crippen molar-refractivity contribution >= 4 is 12.0 Å². The molecule has 0 aliphatic carbocycles. The minimum absolute atomic E-state index is 0.0332. The van der Waals surface area contributed by atoms with Crippen LogP contribution in [0.2, 0.25) is 0 Å². The second-order valence-electron chi connectivity index (χ2n) is 5.14. The molecule has 1 aromatic rings. The highest BCUT2D eigenvalue weighted by molar-refractivity contribution is 5.95. The Bertz CT molecular complexity index is 553. The van der Waals surface area contributed by atoms with Crippen LogP contribution in [0.1, 0.15) is 30.1 Å². The number of amides is 2. The lowest BCUT2D eigenvalue weighted by Gasteiger charge is -2.31. The molecule has 7 heteroatoms. The molecule has 2 rings (SSSR count). The first-order chi connectivity index (χ1) is 10.5. The van der Waals surface area contributed by atoms with Crippen molar-refractivity contribution in [3.05, 3.63) is 23.8 Å². The van der Waals surface area contributed by atoms with E-state index in [0.29, 0.717) is 32.5 Å². The predicted molar refractivity (Wildman–Crippen MR) is 78.9 cm³/mol. The van der Waals surface area contributed by atoms with E-state index in [1.54, 1.807) is 11.8 Å². The lowest BCUT2D eigenvalue weighted by atomic mass is 10.0. The maximum Gasteiger partial charge on any atom is 0.409 e. The SMILES string of the molecule is CCOC(=O)N1CCC(NC(=O)c2ccc(O)c(O)c2)CC1. The lowest BCUT2D eigenvalue weighted by Crippen LogP contribution is -2.46. The molecule has 0 saturated carbocycles. The summed E-state index contributed by atoms with van der Waals surface area (Å²) in [4.78, 5) is 25.3. The molecule has 3 N–H and O–H groups in total. The van der Waals surface area contributed by atoms with Gasteiger partial charge in [0.15, 0.2) is 11.5 Å². The van der Waals surface area contributed by atoms with Crippen molar-refractivity contribution in [2.24, 2.45) is 0 Å². The Balaban J connectivity index is 1.86. The molecule has 0 aromatic heterocycles. The van der Waals surface area contributed by atoms with Gasteiger partial charge in [0.25, 0.3) is 5.91 Å². The summed E-state index contributed by atoms with van der Waals surface area (Å²) in [6.45, 7) is 3.17. The van der Waals surface area contributed by atoms with Gasteiger partial charge >= 0.3 is 6.09 Å². The Labute approximate surface area is 128 Å². The van der Waals surface area contributed by atoms with Gasteiger partial charge in [-0.25, -0.2) is 4.79 Å². The fraction of sp³-hybridized carbons (Fsp3) is 0.467. The third-order valence-electron chi connectivity index (χ3n) is 3.59. The number of aromatic hydroxyl groups is 2. The number of rotatable bonds is 3. The summed E-state index contributed by atoms with van der Waals surface area (Å²) in [5, 5.41) is 21.5. The quantitative estimate of drug-likeness (QED) is 0.734. The second-order valence-corrected chi connectivity index (χ2v) is 5.14. The Morgan fingerprint density at radius 3 is 2.55 bits per heavy atom. The normalized spacial score (nSPS) is 15.4. The maximum atomic E-state index is 12.1. The number of hydrogen-bond acceptors (Lipinski definition) is 5. The molecule has 0 radical (unpaired) electrons. The molecular weight excluding hydrogens is 288 g/mol. The second kappa shape index (κ2) is 7.02. The number of carbonyl (C=O) groups is 2. The van der Waals surface area contributed by atoms with Gasteiger partial charge in [-0.2, -0.15) is 0 Å². The molecule has 2 amide bonds. The van der Waals surface area contributed by atoms with Crippen LogP contribution in [0, 0.1) is 0 Å². The number of phenolic OH excluding ortho intramolecular Hbond substituents is 2. The molecule has 1 fully saturated rings. The molecular formula is C15H20N2O5. The molecule has 7 nitrogen and oxygen atoms in total. The highest BCUT2D eigenvalue weighted by Gasteiger charge is 2.24. The van der Waals surface area contributed by atoms with E-state index < -0.39 is 0 Å². The van der Waals surface area contributed by atoms with Gasteiger partial charge in [-0.3, -0.25) is 4.79 Å². The summed E-state index contributed by atoms with van der Waals surface area (Å²) >= 11 is 0. The summed E-state index contributed by atoms with van der Waals surface area (Å²) < 4.78 is 4.94. The largest absolute Gasteiger partial charge is 0.504 e. The van der Waals surface area contributed by atoms with E-state index in [1.807, 2.05) is 0 Å². The number of phenols is 2. The summed E-state index contributed by atoms with van der Waals surface area (Å²) in [6.07, 6.45) is 0.971. The standard InChI is InChI=1S/C15H20N2O5/c1-2-22-15(21)17-7-5-11(6-8-17)16-14(20)10-3-4-12(18)13(19)9-10/h3-4,9,11,18-19H,2,5-8H2,1H3,(H,16,20). The highest BCUT2D eigenvalue weighted by atomic mass is 16.6. The zero-order valence-corrected chi connectivity index (χ0v) is 12.4. The van der Waals surface area contributed by atoms with Gasteiger partial charge in [0, 0.05) is 24.7 Å². The predicted octanol–water partition coefficient (Wildman–Crippen LogP) is 1.45. The van der Waals surface area contributed by atoms with Crippen LogP contribution in [0.5, 0.6) is 11.5 Å². The molecule has 0 unspecified atom stereocenters. The van der Waals surface area contributed by atoms with E-state index in [-0.39, 0.29) is 35.1 Å². The molecule has 1 saturated heterocycles. The molecule has 0 atom stereocenters. The van der Waals surface area contributed by atoms with Gasteiger partial charge in [0.2, 0.25) is 0 Å². The van der Waals surface area contributed by atoms with E-state index in [4.69, 9.17) is 4.74 Å². The average Bonchev–Trinajstić information content (AvgIpc) is 2.51. The number of likely N-dealkylation sites (tertiary alicyclic amines) is 1. The third-order valence-corrected chi connectivity index (χ3v) is 3.59. The number of nitrogens with zero attached hydrogens (tertiary/aromatic N) is 1. The van der Waals surface area contributed by atoms with Crippen LogP contribution in [0.3, 0.4) is 0 Å². The van der Waals surface area contributed by atoms with Crippen molar-refractivity contribution < 1.29 is 24.5 Å². The van der Waals surface area contributed by atoms with Crippen molar-refractivity contribution in [1.82, 2.24) is 10.2 Å². The monoisotopic (exact) mass is 308 g/mol. The van der Waals surface area contributed by atoms with Crippen LogP contribution in [-0.4, -0.2) is 52.9 Å². The Morgan fingerprint density at radius 1 is 1.27 bits per heavy atom. The van der Waals surface area contributed by atoms with E-state index in [2.05, 4.69) is 5.32 Å². The summed E-state index contributed by atoms with van der Waals surface area (Å²) in [5.41, 5.74) is 0.281. The lowest BCUT2D eigenvalue weighted by molar-refractivity contribution is 0.0859. The van der Waals surface area contributed by atoms with Gasteiger partial charge in [0.05, 0.1) is 6.61 Å². The van der Waals surface area contributed by atoms with Crippen LogP contribution >= 0.6 is 0 Å². The first kappa shape index (κ1) is 15.9. The van der Waals surface area contributed by atoms with Crippen LogP contribution in [0.25, 0.3) is 0 Å². The van der Waals surface area contributed by atoms with Crippen molar-refractivity contribution in [2.45, 2.75) is 25.8 Å². The fourth-order valence-electron chi connectivity index (χ4n) is 2.35. The van der Waals surface area contributed by atoms with E-state index in [9.17, 15) is 19.8 Å². The summed E-state index contributed by atoms with van der Waals surface area (Å²) in [7, 11) is 0. The van der Waals surface area contributed by atoms with E-state index >= 15 is 0 Å². The molecule has 22 heavy (non-hydrogen) atoms. The van der Waals surface area contributed by atoms with Crippen molar-refractivity contribution in [3.8, 4) is 11.5 Å². The Morgan fingerprint density at radius 2 is 1.95 bits per heavy atom. The minimum Gasteiger partial charge on any atom is -0.504 e. The zero-order chi connectivity index (χ0) is 16.1. The first-order valence-electron chi connectivity index (χ1n) is 7.25. The van der Waals surface area contributed by atoms with Gasteiger partial charge in [-0.05, 0) is 38.0 Å². The summed E-state index contributed by atoms with van der Waals surface area (Å²) in [6, 6.07) is 3.90. The molecule has 1 aliphatic heterocycles. The first-order valence-corrected chi connectivity index (χ1v) is 7.25. The smallest absolute Gasteiger partial charge is 0.409 e. The molecule has 1 heterocycles. The molecule has 1 aromatic carbocycles. The van der Waals surface area contributed by atoms with Gasteiger partial charge in [0.1, 0.15) is 0 Å². The topological polar surface area (TPSA) is 99.1 Å². The van der Waals surface area contributed by atoms with Crippen molar-refractivity contribution in [1.29, 1.82) is 0 Å². The Hall–Kier alpha value is -2.44. The number of piperidine rings is 1. The number of nitrogens with one attached hydrogen (secondary N) is 1. The molecule has 0 bridgehead atoms. The van der Waals surface area contributed by atoms with Crippen LogP contribution in [0.4, 0.5) is 4.79 Å². The number of ether oxygens (including phenoxy) is 1. The molecule has 0 spiro atoms. The summed E-state index contributed by atoms with van der Waals surface area (Å²) in [5.74, 6) is -0.908. The Kier molecular flexibility index (Phi) is 5.08. The maximum absolute atomic E-state index is 12.1. The van der Waals surface area contributed by atoms with Crippen LogP contribution in [-0.2, 0) is 4.74 Å². The third kappa shape index (κ3) is 3.81. The van der Waals surface area contributed by atoms with Crippen molar-refractivity contribution in [2.75, 3.05) is 19.7 Å². The fourth-order valence-corrected chi connectivity index (χ4v) is 2.35. The molecule has 1 aliphatic rings. The number of hydrogen-bond donors (Lipinski definition) is 3. The van der Waals surface area contributed by atoms with Crippen LogP contribution in [0.15, 0.2) is 18.2 Å². The number of carbonyl (C=O) groups excluding carboxylic acids is 2. The van der Waals surface area contributed by atoms with E-state index in [0.717, 1.165) is 0 Å². The van der Waals surface area contributed by atoms with Gasteiger partial charge in [-0.15, -0.1) is 0 Å². The highest BCUT2D eigenvalue weighted by Crippen LogP contribution is 2.25. The minimum atomic E-state index is -0.329. The van der Waals surface area contributed by atoms with E-state index in [1.165, 1.54) is 18.2 Å². The van der Waals surface area contributed by atoms with Gasteiger partial charge in [-0.1, -0.05) is 0 Å². The molecule has 120 valence electrons. The van der Waals surface area contributed by atoms with Gasteiger partial charge < -0.3 is 25.2 Å². The zero-order valence-electron chi connectivity index (χ0n) is 12.4. The van der Waals surface area contributed by atoms with Crippen LogP contribution < -0.4 is 5.32 Å².